The molecule has 2 unspecified atom stereocenters. The van der Waals surface area contributed by atoms with Crippen molar-refractivity contribution in [3.63, 3.8) is 0 Å². The van der Waals surface area contributed by atoms with Crippen LogP contribution in [0.3, 0.4) is 0 Å². The van der Waals surface area contributed by atoms with Crippen molar-refractivity contribution < 1.29 is 19.1 Å². The standard InChI is InChI=1S/C23H28N6O4/c30-21-18-3-1-2-4-19(18)22(31)29(21)17-5-6-20(25-14-17)33-23(32)28-11-9-27(10-12-28)8-7-16-13-24-15-26-16/h5-6,13-15,18-19H,1-4,7-12H2,(H,24,26). The molecule has 10 heteroatoms. The summed E-state index contributed by atoms with van der Waals surface area (Å²) in [6, 6.07) is 3.16. The summed E-state index contributed by atoms with van der Waals surface area (Å²) in [6.45, 7) is 3.62. The average molecular weight is 453 g/mol. The van der Waals surface area contributed by atoms with Crippen LogP contribution in [0.25, 0.3) is 0 Å². The van der Waals surface area contributed by atoms with E-state index in [9.17, 15) is 14.4 Å². The van der Waals surface area contributed by atoms with Gasteiger partial charge in [0.15, 0.2) is 0 Å². The number of aromatic nitrogens is 3. The predicted octanol–water partition coefficient (Wildman–Crippen LogP) is 1.84. The molecule has 2 aliphatic heterocycles. The van der Waals surface area contributed by atoms with E-state index in [0.29, 0.717) is 18.8 Å². The van der Waals surface area contributed by atoms with Gasteiger partial charge in [0.1, 0.15) is 0 Å². The van der Waals surface area contributed by atoms with E-state index in [4.69, 9.17) is 4.74 Å². The molecule has 2 aromatic heterocycles. The molecule has 0 spiro atoms. The topological polar surface area (TPSA) is 112 Å². The lowest BCUT2D eigenvalue weighted by molar-refractivity contribution is -0.122. The number of carbonyl (C=O) groups excluding carboxylic acids is 3. The highest BCUT2D eigenvalue weighted by molar-refractivity contribution is 6.22. The van der Waals surface area contributed by atoms with Crippen LogP contribution in [0.4, 0.5) is 10.5 Å². The first-order valence-electron chi connectivity index (χ1n) is 11.6. The molecule has 3 aliphatic rings. The van der Waals surface area contributed by atoms with E-state index in [-0.39, 0.29) is 29.5 Å². The number of hydrogen-bond acceptors (Lipinski definition) is 7. The number of imide groups is 1. The Morgan fingerprint density at radius 2 is 1.76 bits per heavy atom. The number of anilines is 1. The van der Waals surface area contributed by atoms with Crippen molar-refractivity contribution in [2.24, 2.45) is 11.8 Å². The van der Waals surface area contributed by atoms with Gasteiger partial charge in [0, 0.05) is 57.1 Å². The van der Waals surface area contributed by atoms with Crippen LogP contribution in [-0.4, -0.2) is 75.4 Å². The second-order valence-corrected chi connectivity index (χ2v) is 8.89. The van der Waals surface area contributed by atoms with Crippen molar-refractivity contribution in [1.82, 2.24) is 24.8 Å². The maximum atomic E-state index is 12.7. The molecule has 0 aromatic carbocycles. The van der Waals surface area contributed by atoms with Crippen molar-refractivity contribution in [2.75, 3.05) is 37.6 Å². The Morgan fingerprint density at radius 3 is 2.36 bits per heavy atom. The number of amides is 3. The molecular formula is C23H28N6O4. The van der Waals surface area contributed by atoms with Crippen LogP contribution >= 0.6 is 0 Å². The van der Waals surface area contributed by atoms with Gasteiger partial charge in [0.25, 0.3) is 0 Å². The summed E-state index contributed by atoms with van der Waals surface area (Å²) in [6.07, 6.45) is 8.90. The van der Waals surface area contributed by atoms with Gasteiger partial charge in [-0.15, -0.1) is 0 Å². The summed E-state index contributed by atoms with van der Waals surface area (Å²) in [4.78, 5) is 54.6. The lowest BCUT2D eigenvalue weighted by atomic mass is 9.81. The van der Waals surface area contributed by atoms with Gasteiger partial charge in [-0.2, -0.15) is 0 Å². The van der Waals surface area contributed by atoms with Gasteiger partial charge in [0.05, 0.1) is 30.0 Å². The Bertz CT molecular complexity index is 976. The molecule has 174 valence electrons. The van der Waals surface area contributed by atoms with Gasteiger partial charge in [-0.05, 0) is 18.9 Å². The molecule has 0 radical (unpaired) electrons. The average Bonchev–Trinajstić information content (AvgIpc) is 3.46. The van der Waals surface area contributed by atoms with Gasteiger partial charge in [-0.1, -0.05) is 12.8 Å². The zero-order chi connectivity index (χ0) is 22.8. The van der Waals surface area contributed by atoms with E-state index in [0.717, 1.165) is 57.4 Å². The normalized spacial score (nSPS) is 23.6. The molecule has 2 saturated heterocycles. The van der Waals surface area contributed by atoms with Gasteiger partial charge in [0.2, 0.25) is 17.7 Å². The van der Waals surface area contributed by atoms with Crippen LogP contribution in [0.1, 0.15) is 31.4 Å². The number of nitrogens with one attached hydrogen (secondary N) is 1. The summed E-state index contributed by atoms with van der Waals surface area (Å²) in [5.41, 5.74) is 1.53. The van der Waals surface area contributed by atoms with Crippen molar-refractivity contribution in [3.05, 3.63) is 36.5 Å². The van der Waals surface area contributed by atoms with E-state index in [1.807, 2.05) is 6.20 Å². The second kappa shape index (κ2) is 9.30. The Balaban J connectivity index is 1.13. The molecule has 33 heavy (non-hydrogen) atoms. The van der Waals surface area contributed by atoms with Gasteiger partial charge >= 0.3 is 6.09 Å². The Morgan fingerprint density at radius 1 is 1.03 bits per heavy atom. The zero-order valence-corrected chi connectivity index (χ0v) is 18.5. The molecule has 2 atom stereocenters. The van der Waals surface area contributed by atoms with Crippen LogP contribution in [-0.2, 0) is 16.0 Å². The lowest BCUT2D eigenvalue weighted by Crippen LogP contribution is -2.50. The Labute approximate surface area is 191 Å². The van der Waals surface area contributed by atoms with Gasteiger partial charge in [-0.25, -0.2) is 19.7 Å². The molecule has 5 rings (SSSR count). The number of rotatable bonds is 5. The second-order valence-electron chi connectivity index (χ2n) is 8.89. The summed E-state index contributed by atoms with van der Waals surface area (Å²) in [7, 11) is 0. The van der Waals surface area contributed by atoms with Crippen LogP contribution in [0, 0.1) is 11.8 Å². The first-order valence-corrected chi connectivity index (χ1v) is 11.6. The fourth-order valence-corrected chi connectivity index (χ4v) is 4.99. The number of pyridine rings is 1. The largest absolute Gasteiger partial charge is 0.416 e. The van der Waals surface area contributed by atoms with Crippen molar-refractivity contribution in [3.8, 4) is 5.88 Å². The number of carbonyl (C=O) groups is 3. The molecule has 10 nitrogen and oxygen atoms in total. The van der Waals surface area contributed by atoms with Crippen molar-refractivity contribution in [2.45, 2.75) is 32.1 Å². The molecule has 3 amide bonds. The monoisotopic (exact) mass is 452 g/mol. The molecule has 4 heterocycles. The maximum Gasteiger partial charge on any atom is 0.416 e. The fraction of sp³-hybridized carbons (Fsp3) is 0.522. The van der Waals surface area contributed by atoms with Gasteiger partial charge in [-0.3, -0.25) is 14.5 Å². The Kier molecular flexibility index (Phi) is 6.08. The van der Waals surface area contributed by atoms with E-state index < -0.39 is 6.09 Å². The molecular weight excluding hydrogens is 424 g/mol. The Hall–Kier alpha value is -3.27. The van der Waals surface area contributed by atoms with Gasteiger partial charge < -0.3 is 14.6 Å². The number of hydrogen-bond donors (Lipinski definition) is 1. The lowest BCUT2D eigenvalue weighted by Gasteiger charge is -2.33. The molecule has 1 saturated carbocycles. The summed E-state index contributed by atoms with van der Waals surface area (Å²) < 4.78 is 5.43. The quantitative estimate of drug-likeness (QED) is 0.689. The fourth-order valence-electron chi connectivity index (χ4n) is 4.99. The SMILES string of the molecule is O=C(Oc1ccc(N2C(=O)C3CCCCC3C2=O)cn1)N1CCN(CCc2cnc[nH]2)CC1. The number of imidazole rings is 1. The summed E-state index contributed by atoms with van der Waals surface area (Å²) in [5.74, 6) is -0.533. The first-order chi connectivity index (χ1) is 16.1. The number of aromatic amines is 1. The summed E-state index contributed by atoms with van der Waals surface area (Å²) in [5, 5.41) is 0. The van der Waals surface area contributed by atoms with Crippen LogP contribution < -0.4 is 9.64 Å². The highest BCUT2D eigenvalue weighted by Crippen LogP contribution is 2.40. The number of ether oxygens (including phenoxy) is 1. The smallest absolute Gasteiger partial charge is 0.391 e. The first kappa shape index (κ1) is 21.6. The number of fused-ring (bicyclic) bond motifs is 1. The number of piperazine rings is 1. The van der Waals surface area contributed by atoms with E-state index >= 15 is 0 Å². The van der Waals surface area contributed by atoms with Crippen molar-refractivity contribution in [1.29, 1.82) is 0 Å². The summed E-state index contributed by atoms with van der Waals surface area (Å²) >= 11 is 0. The third kappa shape index (κ3) is 4.47. The predicted molar refractivity (Wildman–Crippen MR) is 119 cm³/mol. The minimum Gasteiger partial charge on any atom is -0.391 e. The van der Waals surface area contributed by atoms with E-state index in [1.54, 1.807) is 17.3 Å². The third-order valence-electron chi connectivity index (χ3n) is 6.89. The highest BCUT2D eigenvalue weighted by Gasteiger charge is 2.48. The molecule has 2 aromatic rings. The minimum atomic E-state index is -0.442. The molecule has 1 aliphatic carbocycles. The van der Waals surface area contributed by atoms with Crippen LogP contribution in [0.2, 0.25) is 0 Å². The number of nitrogens with zero attached hydrogens (tertiary/aromatic N) is 5. The third-order valence-corrected chi connectivity index (χ3v) is 6.89. The highest BCUT2D eigenvalue weighted by atomic mass is 16.6. The molecule has 0 bridgehead atoms. The van der Waals surface area contributed by atoms with Crippen LogP contribution in [0.15, 0.2) is 30.9 Å². The van der Waals surface area contributed by atoms with E-state index in [1.165, 1.54) is 17.2 Å². The van der Waals surface area contributed by atoms with Crippen LogP contribution in [0.5, 0.6) is 5.88 Å². The molecule has 1 N–H and O–H groups in total. The molecule has 3 fully saturated rings. The number of H-pyrrole nitrogens is 1. The van der Waals surface area contributed by atoms with E-state index in [2.05, 4.69) is 19.9 Å². The maximum absolute atomic E-state index is 12.7. The zero-order valence-electron chi connectivity index (χ0n) is 18.5. The van der Waals surface area contributed by atoms with Crippen molar-refractivity contribution >= 4 is 23.6 Å². The minimum absolute atomic E-state index is 0.137.